The second kappa shape index (κ2) is 7.92. The number of nitrogens with zero attached hydrogens (tertiary/aromatic N) is 1. The fraction of sp³-hybridized carbons (Fsp3) is 0.667. The number of aryl methyl sites for hydroxylation is 2. The molecule has 0 spiro atoms. The van der Waals surface area contributed by atoms with Crippen molar-refractivity contribution < 1.29 is 4.74 Å². The first-order chi connectivity index (χ1) is 10.1. The molecule has 3 heteroatoms. The van der Waals surface area contributed by atoms with E-state index in [1.54, 1.807) is 0 Å². The molecule has 118 valence electrons. The van der Waals surface area contributed by atoms with E-state index in [1.807, 2.05) is 0 Å². The highest BCUT2D eigenvalue weighted by molar-refractivity contribution is 5.31. The number of rotatable bonds is 6. The number of ether oxygens (including phenoxy) is 1. The first kappa shape index (κ1) is 16.5. The zero-order valence-corrected chi connectivity index (χ0v) is 14.0. The number of benzene rings is 1. The minimum atomic E-state index is 0.404. The number of hydrogen-bond donors (Lipinski definition) is 1. The van der Waals surface area contributed by atoms with Gasteiger partial charge >= 0.3 is 0 Å². The summed E-state index contributed by atoms with van der Waals surface area (Å²) in [6, 6.07) is 7.94. The first-order valence-electron chi connectivity index (χ1n) is 8.19. The van der Waals surface area contributed by atoms with Crippen LogP contribution in [0.25, 0.3) is 0 Å². The van der Waals surface area contributed by atoms with Crippen molar-refractivity contribution in [2.75, 3.05) is 33.4 Å². The van der Waals surface area contributed by atoms with Crippen molar-refractivity contribution in [3.05, 3.63) is 34.9 Å². The summed E-state index contributed by atoms with van der Waals surface area (Å²) in [7, 11) is 2.25. The molecule has 0 saturated carbocycles. The summed E-state index contributed by atoms with van der Waals surface area (Å²) in [5.41, 5.74) is 4.11. The van der Waals surface area contributed by atoms with Gasteiger partial charge in [-0.3, -0.25) is 0 Å². The lowest BCUT2D eigenvalue weighted by atomic mass is 9.99. The molecule has 1 aromatic rings. The molecule has 1 aliphatic heterocycles. The third-order valence-electron chi connectivity index (χ3n) is 4.38. The van der Waals surface area contributed by atoms with E-state index in [-0.39, 0.29) is 0 Å². The van der Waals surface area contributed by atoms with Crippen LogP contribution in [-0.2, 0) is 4.74 Å². The minimum Gasteiger partial charge on any atom is -0.381 e. The second-order valence-electron chi connectivity index (χ2n) is 6.31. The van der Waals surface area contributed by atoms with Crippen molar-refractivity contribution in [2.45, 2.75) is 45.7 Å². The van der Waals surface area contributed by atoms with Crippen LogP contribution < -0.4 is 5.32 Å². The molecule has 0 aromatic heterocycles. The van der Waals surface area contributed by atoms with Crippen molar-refractivity contribution in [1.29, 1.82) is 0 Å². The maximum absolute atomic E-state index is 5.48. The lowest BCUT2D eigenvalue weighted by Crippen LogP contribution is -2.41. The Balaban J connectivity index is 2.06. The molecule has 3 nitrogen and oxygen atoms in total. The van der Waals surface area contributed by atoms with Crippen molar-refractivity contribution in [1.82, 2.24) is 10.2 Å². The Morgan fingerprint density at radius 1 is 1.19 bits per heavy atom. The van der Waals surface area contributed by atoms with Crippen LogP contribution in [0.15, 0.2) is 18.2 Å². The summed E-state index contributed by atoms with van der Waals surface area (Å²) >= 11 is 0. The van der Waals surface area contributed by atoms with E-state index in [0.717, 1.165) is 39.1 Å². The smallest absolute Gasteiger partial charge is 0.0480 e. The van der Waals surface area contributed by atoms with Gasteiger partial charge in [-0.1, -0.05) is 36.2 Å². The summed E-state index contributed by atoms with van der Waals surface area (Å²) < 4.78 is 5.48. The fourth-order valence-corrected chi connectivity index (χ4v) is 3.31. The summed E-state index contributed by atoms with van der Waals surface area (Å²) in [6.07, 6.45) is 2.31. The van der Waals surface area contributed by atoms with Gasteiger partial charge in [0.15, 0.2) is 0 Å². The Bertz CT molecular complexity index is 421. The predicted octanol–water partition coefficient (Wildman–Crippen LogP) is 3.06. The minimum absolute atomic E-state index is 0.404. The number of likely N-dealkylation sites (N-methyl/N-ethyl adjacent to an activating group) is 2. The lowest BCUT2D eigenvalue weighted by molar-refractivity contribution is 0.0402. The Hall–Kier alpha value is -0.900. The van der Waals surface area contributed by atoms with Gasteiger partial charge in [-0.2, -0.15) is 0 Å². The van der Waals surface area contributed by atoms with Crippen LogP contribution in [0.3, 0.4) is 0 Å². The van der Waals surface area contributed by atoms with E-state index in [1.165, 1.54) is 16.7 Å². The normalized spacial score (nSPS) is 18.1. The molecule has 1 atom stereocenters. The van der Waals surface area contributed by atoms with Crippen molar-refractivity contribution in [3.8, 4) is 0 Å². The molecule has 21 heavy (non-hydrogen) atoms. The Kier molecular flexibility index (Phi) is 6.22. The molecular weight excluding hydrogens is 260 g/mol. The third-order valence-corrected chi connectivity index (χ3v) is 4.38. The summed E-state index contributed by atoms with van der Waals surface area (Å²) in [5, 5.41) is 3.65. The van der Waals surface area contributed by atoms with E-state index >= 15 is 0 Å². The standard InChI is InChI=1S/C18H30N2O/c1-5-19-18(16-11-14(2)10-15(3)12-16)13-20(4)17-6-8-21-9-7-17/h10-12,17-19H,5-9,13H2,1-4H3. The van der Waals surface area contributed by atoms with Crippen LogP contribution in [0.2, 0.25) is 0 Å². The van der Waals surface area contributed by atoms with Gasteiger partial charge < -0.3 is 15.0 Å². The van der Waals surface area contributed by atoms with E-state index in [2.05, 4.69) is 56.2 Å². The van der Waals surface area contributed by atoms with Crippen LogP contribution in [0, 0.1) is 13.8 Å². The molecule has 1 saturated heterocycles. The van der Waals surface area contributed by atoms with Crippen molar-refractivity contribution in [3.63, 3.8) is 0 Å². The maximum atomic E-state index is 5.48. The topological polar surface area (TPSA) is 24.5 Å². The summed E-state index contributed by atoms with van der Waals surface area (Å²) in [5.74, 6) is 0. The third kappa shape index (κ3) is 4.80. The van der Waals surface area contributed by atoms with Crippen molar-refractivity contribution in [2.24, 2.45) is 0 Å². The highest BCUT2D eigenvalue weighted by Gasteiger charge is 2.22. The highest BCUT2D eigenvalue weighted by atomic mass is 16.5. The SMILES string of the molecule is CCNC(CN(C)C1CCOCC1)c1cc(C)cc(C)c1. The highest BCUT2D eigenvalue weighted by Crippen LogP contribution is 2.21. The Morgan fingerprint density at radius 2 is 1.81 bits per heavy atom. The van der Waals surface area contributed by atoms with Gasteiger partial charge in [0.2, 0.25) is 0 Å². The fourth-order valence-electron chi connectivity index (χ4n) is 3.31. The van der Waals surface area contributed by atoms with Gasteiger partial charge in [0.25, 0.3) is 0 Å². The van der Waals surface area contributed by atoms with Gasteiger partial charge in [-0.05, 0) is 45.8 Å². The maximum Gasteiger partial charge on any atom is 0.0480 e. The van der Waals surface area contributed by atoms with Crippen molar-refractivity contribution >= 4 is 0 Å². The largest absolute Gasteiger partial charge is 0.381 e. The number of nitrogens with one attached hydrogen (secondary N) is 1. The van der Waals surface area contributed by atoms with Crippen LogP contribution in [0.5, 0.6) is 0 Å². The molecule has 1 fully saturated rings. The van der Waals surface area contributed by atoms with Crippen LogP contribution in [0.1, 0.15) is 42.5 Å². The molecular formula is C18H30N2O. The van der Waals surface area contributed by atoms with Crippen LogP contribution >= 0.6 is 0 Å². The van der Waals surface area contributed by atoms with E-state index in [4.69, 9.17) is 4.74 Å². The van der Waals surface area contributed by atoms with Gasteiger partial charge in [0.05, 0.1) is 0 Å². The lowest BCUT2D eigenvalue weighted by Gasteiger charge is -2.34. The van der Waals surface area contributed by atoms with Gasteiger partial charge in [-0.25, -0.2) is 0 Å². The zero-order chi connectivity index (χ0) is 15.2. The average molecular weight is 290 g/mol. The molecule has 1 aromatic carbocycles. The van der Waals surface area contributed by atoms with Gasteiger partial charge in [0, 0.05) is 31.8 Å². The van der Waals surface area contributed by atoms with Crippen LogP contribution in [-0.4, -0.2) is 44.3 Å². The molecule has 2 rings (SSSR count). The molecule has 1 aliphatic rings. The zero-order valence-electron chi connectivity index (χ0n) is 14.0. The number of hydrogen-bond acceptors (Lipinski definition) is 3. The van der Waals surface area contributed by atoms with E-state index in [9.17, 15) is 0 Å². The molecule has 1 N–H and O–H groups in total. The molecule has 1 heterocycles. The Labute approximate surface area is 129 Å². The average Bonchev–Trinajstić information content (AvgIpc) is 2.46. The van der Waals surface area contributed by atoms with E-state index in [0.29, 0.717) is 12.1 Å². The second-order valence-corrected chi connectivity index (χ2v) is 6.31. The van der Waals surface area contributed by atoms with Gasteiger partial charge in [0.1, 0.15) is 0 Å². The summed E-state index contributed by atoms with van der Waals surface area (Å²) in [4.78, 5) is 2.51. The van der Waals surface area contributed by atoms with E-state index < -0.39 is 0 Å². The quantitative estimate of drug-likeness (QED) is 0.871. The Morgan fingerprint density at radius 3 is 2.38 bits per heavy atom. The van der Waals surface area contributed by atoms with Gasteiger partial charge in [-0.15, -0.1) is 0 Å². The molecule has 0 aliphatic carbocycles. The molecule has 1 unspecified atom stereocenters. The summed E-state index contributed by atoms with van der Waals surface area (Å²) in [6.45, 7) is 10.4. The van der Waals surface area contributed by atoms with Crippen LogP contribution in [0.4, 0.5) is 0 Å². The molecule has 0 amide bonds. The predicted molar refractivity (Wildman–Crippen MR) is 88.8 cm³/mol. The monoisotopic (exact) mass is 290 g/mol. The molecule has 0 bridgehead atoms. The first-order valence-corrected chi connectivity index (χ1v) is 8.19. The molecule has 0 radical (unpaired) electrons.